The topological polar surface area (TPSA) is 62.3 Å². The van der Waals surface area contributed by atoms with Crippen LogP contribution in [-0.2, 0) is 16.9 Å². The molecule has 0 spiro atoms. The predicted octanol–water partition coefficient (Wildman–Crippen LogP) is 3.34. The van der Waals surface area contributed by atoms with Crippen molar-refractivity contribution < 1.29 is 14.0 Å². The molecule has 6 heteroatoms. The molecule has 1 saturated heterocycles. The van der Waals surface area contributed by atoms with Crippen LogP contribution in [0.15, 0.2) is 60.8 Å². The number of nitrogens with zero attached hydrogens (tertiary/aromatic N) is 2. The van der Waals surface area contributed by atoms with E-state index in [1.807, 2.05) is 30.3 Å². The molecule has 2 aromatic carbocycles. The zero-order chi connectivity index (χ0) is 18.3. The van der Waals surface area contributed by atoms with Crippen LogP contribution >= 0.6 is 0 Å². The molecule has 0 saturated carbocycles. The molecule has 1 aliphatic heterocycles. The molecule has 26 heavy (non-hydrogen) atoms. The summed E-state index contributed by atoms with van der Waals surface area (Å²) in [6.07, 6.45) is 1.68. The van der Waals surface area contributed by atoms with Gasteiger partial charge < -0.3 is 5.32 Å². The Kier molecular flexibility index (Phi) is 3.68. The smallest absolute Gasteiger partial charge is 0.319 e. The number of urea groups is 1. The lowest BCUT2D eigenvalue weighted by atomic mass is 9.92. The molecule has 1 aromatic heterocycles. The monoisotopic (exact) mass is 349 g/mol. The molecule has 5 nitrogen and oxygen atoms in total. The van der Waals surface area contributed by atoms with Crippen molar-refractivity contribution in [2.24, 2.45) is 0 Å². The van der Waals surface area contributed by atoms with Crippen LogP contribution in [0.2, 0.25) is 0 Å². The van der Waals surface area contributed by atoms with E-state index in [2.05, 4.69) is 10.3 Å². The second-order valence-corrected chi connectivity index (χ2v) is 6.45. The zero-order valence-electron chi connectivity index (χ0n) is 14.1. The highest BCUT2D eigenvalue weighted by Crippen LogP contribution is 2.30. The van der Waals surface area contributed by atoms with Crippen molar-refractivity contribution in [3.63, 3.8) is 0 Å². The number of carbonyl (C=O) groups is 2. The molecule has 1 N–H and O–H groups in total. The van der Waals surface area contributed by atoms with E-state index in [0.29, 0.717) is 5.56 Å². The molecule has 0 unspecified atom stereocenters. The first-order valence-corrected chi connectivity index (χ1v) is 8.22. The van der Waals surface area contributed by atoms with Gasteiger partial charge in [0, 0.05) is 11.6 Å². The van der Waals surface area contributed by atoms with Gasteiger partial charge in [-0.25, -0.2) is 9.18 Å². The number of para-hydroxylation sites is 1. The highest BCUT2D eigenvalue weighted by Gasteiger charge is 2.48. The van der Waals surface area contributed by atoms with Gasteiger partial charge >= 0.3 is 6.03 Å². The second kappa shape index (κ2) is 5.91. The van der Waals surface area contributed by atoms with Crippen molar-refractivity contribution in [1.82, 2.24) is 15.2 Å². The van der Waals surface area contributed by atoms with Crippen LogP contribution in [0.4, 0.5) is 9.18 Å². The molecule has 0 aliphatic carbocycles. The van der Waals surface area contributed by atoms with Gasteiger partial charge in [-0.3, -0.25) is 14.7 Å². The number of hydrogen-bond donors (Lipinski definition) is 1. The van der Waals surface area contributed by atoms with Gasteiger partial charge in [-0.15, -0.1) is 0 Å². The highest BCUT2D eigenvalue weighted by molar-refractivity contribution is 6.07. The summed E-state index contributed by atoms with van der Waals surface area (Å²) in [5.74, 6) is -0.769. The summed E-state index contributed by atoms with van der Waals surface area (Å²) in [4.78, 5) is 31.0. The summed E-state index contributed by atoms with van der Waals surface area (Å²) < 4.78 is 13.2. The molecule has 2 heterocycles. The lowest BCUT2D eigenvalue weighted by Crippen LogP contribution is -2.40. The van der Waals surface area contributed by atoms with E-state index in [9.17, 15) is 14.0 Å². The number of rotatable bonds is 3. The Balaban J connectivity index is 1.68. The maximum Gasteiger partial charge on any atom is 0.325 e. The molecule has 0 radical (unpaired) electrons. The quantitative estimate of drug-likeness (QED) is 0.738. The molecule has 3 amide bonds. The van der Waals surface area contributed by atoms with Crippen molar-refractivity contribution in [3.05, 3.63) is 77.7 Å². The fourth-order valence-electron chi connectivity index (χ4n) is 3.28. The Morgan fingerprint density at radius 3 is 2.58 bits per heavy atom. The van der Waals surface area contributed by atoms with Crippen molar-refractivity contribution >= 4 is 22.8 Å². The minimum absolute atomic E-state index is 0.121. The van der Waals surface area contributed by atoms with Crippen molar-refractivity contribution in [2.75, 3.05) is 0 Å². The third-order valence-corrected chi connectivity index (χ3v) is 4.74. The molecule has 4 rings (SSSR count). The standard InChI is InChI=1S/C20H16FN3O2/c1-20(15-7-9-16(21)10-8-15)18(25)24(19(26)23-20)12-14-5-2-4-13-6-3-11-22-17(13)14/h2-11H,12H2,1H3,(H,23,26)/t20-/m0/s1. The van der Waals surface area contributed by atoms with Gasteiger partial charge in [0.25, 0.3) is 5.91 Å². The van der Waals surface area contributed by atoms with Crippen LogP contribution in [0, 0.1) is 5.82 Å². The van der Waals surface area contributed by atoms with E-state index in [1.54, 1.807) is 13.1 Å². The van der Waals surface area contributed by atoms with Crippen molar-refractivity contribution in [1.29, 1.82) is 0 Å². The molecular formula is C20H16FN3O2. The fraction of sp³-hybridized carbons (Fsp3) is 0.150. The van der Waals surface area contributed by atoms with Gasteiger partial charge in [-0.2, -0.15) is 0 Å². The summed E-state index contributed by atoms with van der Waals surface area (Å²) in [6, 6.07) is 14.5. The van der Waals surface area contributed by atoms with Crippen LogP contribution < -0.4 is 5.32 Å². The largest absolute Gasteiger partial charge is 0.325 e. The molecule has 0 bridgehead atoms. The van der Waals surface area contributed by atoms with Gasteiger partial charge in [0.15, 0.2) is 0 Å². The van der Waals surface area contributed by atoms with Crippen molar-refractivity contribution in [3.8, 4) is 0 Å². The Morgan fingerprint density at radius 2 is 1.81 bits per heavy atom. The number of aromatic nitrogens is 1. The zero-order valence-corrected chi connectivity index (χ0v) is 14.1. The minimum atomic E-state index is -1.22. The minimum Gasteiger partial charge on any atom is -0.319 e. The lowest BCUT2D eigenvalue weighted by Gasteiger charge is -2.22. The molecular weight excluding hydrogens is 333 g/mol. The number of nitrogens with one attached hydrogen (secondary N) is 1. The first-order chi connectivity index (χ1) is 12.5. The van der Waals surface area contributed by atoms with Gasteiger partial charge in [0.05, 0.1) is 12.1 Å². The van der Waals surface area contributed by atoms with E-state index < -0.39 is 17.4 Å². The Bertz CT molecular complexity index is 1010. The average molecular weight is 349 g/mol. The van der Waals surface area contributed by atoms with Gasteiger partial charge in [0.2, 0.25) is 0 Å². The van der Waals surface area contributed by atoms with Gasteiger partial charge in [0.1, 0.15) is 11.4 Å². The maximum absolute atomic E-state index is 13.2. The number of amides is 3. The SMILES string of the molecule is C[C@@]1(c2ccc(F)cc2)NC(=O)N(Cc2cccc3cccnc23)C1=O. The fourth-order valence-corrected chi connectivity index (χ4v) is 3.28. The van der Waals surface area contributed by atoms with Crippen LogP contribution in [0.3, 0.4) is 0 Å². The second-order valence-electron chi connectivity index (χ2n) is 6.45. The van der Waals surface area contributed by atoms with E-state index in [1.165, 1.54) is 29.2 Å². The molecule has 130 valence electrons. The van der Waals surface area contributed by atoms with Crippen molar-refractivity contribution in [2.45, 2.75) is 19.0 Å². The molecule has 3 aromatic rings. The average Bonchev–Trinajstić information content (AvgIpc) is 2.86. The summed E-state index contributed by atoms with van der Waals surface area (Å²) in [5.41, 5.74) is 0.861. The van der Waals surface area contributed by atoms with E-state index in [-0.39, 0.29) is 12.5 Å². The third kappa shape index (κ3) is 2.50. The van der Waals surface area contributed by atoms with E-state index in [4.69, 9.17) is 0 Å². The number of hydrogen-bond acceptors (Lipinski definition) is 3. The van der Waals surface area contributed by atoms with Gasteiger partial charge in [-0.1, -0.05) is 36.4 Å². The summed E-state index contributed by atoms with van der Waals surface area (Å²) in [7, 11) is 0. The predicted molar refractivity (Wildman–Crippen MR) is 94.6 cm³/mol. The summed E-state index contributed by atoms with van der Waals surface area (Å²) >= 11 is 0. The van der Waals surface area contributed by atoms with E-state index >= 15 is 0 Å². The lowest BCUT2D eigenvalue weighted by molar-refractivity contribution is -0.131. The highest BCUT2D eigenvalue weighted by atomic mass is 19.1. The number of pyridine rings is 1. The third-order valence-electron chi connectivity index (χ3n) is 4.74. The van der Waals surface area contributed by atoms with Crippen LogP contribution in [0.25, 0.3) is 10.9 Å². The van der Waals surface area contributed by atoms with Crippen LogP contribution in [-0.4, -0.2) is 21.8 Å². The Hall–Kier alpha value is -3.28. The van der Waals surface area contributed by atoms with E-state index in [0.717, 1.165) is 16.5 Å². The number of fused-ring (bicyclic) bond motifs is 1. The summed E-state index contributed by atoms with van der Waals surface area (Å²) in [6.45, 7) is 1.75. The first-order valence-electron chi connectivity index (χ1n) is 8.22. The summed E-state index contributed by atoms with van der Waals surface area (Å²) in [5, 5.41) is 3.67. The molecule has 1 fully saturated rings. The number of benzene rings is 2. The van der Waals surface area contributed by atoms with Gasteiger partial charge in [-0.05, 0) is 36.2 Å². The molecule has 1 aliphatic rings. The Labute approximate surface area is 149 Å². The number of halogens is 1. The first kappa shape index (κ1) is 16.2. The number of carbonyl (C=O) groups excluding carboxylic acids is 2. The Morgan fingerprint density at radius 1 is 1.08 bits per heavy atom. The maximum atomic E-state index is 13.2. The number of imide groups is 1. The molecule has 1 atom stereocenters. The van der Waals surface area contributed by atoms with Crippen LogP contribution in [0.1, 0.15) is 18.1 Å². The normalized spacial score (nSPS) is 19.8. The van der Waals surface area contributed by atoms with Crippen LogP contribution in [0.5, 0.6) is 0 Å².